The van der Waals surface area contributed by atoms with Gasteiger partial charge in [-0.05, 0) is 48.6 Å². The average Bonchev–Trinajstić information content (AvgIpc) is 2.72. The number of aryl methyl sites for hydroxylation is 1. The fourth-order valence-corrected chi connectivity index (χ4v) is 2.79. The third kappa shape index (κ3) is 2.10. The van der Waals surface area contributed by atoms with Gasteiger partial charge in [-0.3, -0.25) is 4.79 Å². The molecule has 1 amide bonds. The van der Waals surface area contributed by atoms with Crippen molar-refractivity contribution < 1.29 is 19.8 Å². The molecule has 0 saturated heterocycles. The summed E-state index contributed by atoms with van der Waals surface area (Å²) in [5.74, 6) is -1.28. The van der Waals surface area contributed by atoms with E-state index in [4.69, 9.17) is 5.11 Å². The number of nitrogens with zero attached hydrogens (tertiary/aromatic N) is 1. The Morgan fingerprint density at radius 2 is 2.00 bits per heavy atom. The number of anilines is 1. The molecule has 1 atom stereocenters. The largest absolute Gasteiger partial charge is 0.479 e. The molecule has 1 aromatic carbocycles. The highest BCUT2D eigenvalue weighted by Gasteiger charge is 2.29. The normalized spacial score (nSPS) is 15.3. The molecule has 102 valence electrons. The Balaban J connectivity index is 2.59. The Morgan fingerprint density at radius 3 is 2.53 bits per heavy atom. The van der Waals surface area contributed by atoms with Crippen LogP contribution in [-0.4, -0.2) is 28.6 Å². The molecule has 0 aliphatic carbocycles. The zero-order chi connectivity index (χ0) is 14.3. The van der Waals surface area contributed by atoms with E-state index < -0.39 is 12.1 Å². The van der Waals surface area contributed by atoms with Crippen molar-refractivity contribution in [1.82, 2.24) is 0 Å². The second-order valence-electron chi connectivity index (χ2n) is 4.89. The lowest BCUT2D eigenvalue weighted by atomic mass is 9.92. The van der Waals surface area contributed by atoms with Crippen LogP contribution in [0, 0.1) is 13.8 Å². The highest BCUT2D eigenvalue weighted by Crippen LogP contribution is 2.36. The third-order valence-corrected chi connectivity index (χ3v) is 3.71. The van der Waals surface area contributed by atoms with Gasteiger partial charge >= 0.3 is 5.97 Å². The first-order chi connectivity index (χ1) is 8.84. The molecular weight excluding hydrogens is 246 g/mol. The third-order valence-electron chi connectivity index (χ3n) is 3.71. The van der Waals surface area contributed by atoms with Crippen LogP contribution in [0.2, 0.25) is 0 Å². The molecule has 0 aromatic heterocycles. The van der Waals surface area contributed by atoms with Gasteiger partial charge in [-0.1, -0.05) is 0 Å². The van der Waals surface area contributed by atoms with E-state index in [1.165, 1.54) is 6.92 Å². The van der Waals surface area contributed by atoms with E-state index in [9.17, 15) is 14.7 Å². The number of aliphatic carboxylic acids is 1. The van der Waals surface area contributed by atoms with Crippen LogP contribution in [0.5, 0.6) is 0 Å². The number of carbonyl (C=O) groups is 2. The van der Waals surface area contributed by atoms with Crippen molar-refractivity contribution in [2.75, 3.05) is 11.4 Å². The van der Waals surface area contributed by atoms with Crippen molar-refractivity contribution in [2.24, 2.45) is 0 Å². The van der Waals surface area contributed by atoms with Crippen LogP contribution in [0.15, 0.2) is 6.07 Å². The first kappa shape index (κ1) is 13.5. The lowest BCUT2D eigenvalue weighted by Crippen LogP contribution is -2.26. The van der Waals surface area contributed by atoms with Gasteiger partial charge in [0.15, 0.2) is 6.10 Å². The van der Waals surface area contributed by atoms with Crippen molar-refractivity contribution >= 4 is 17.6 Å². The number of benzene rings is 1. The first-order valence-electron chi connectivity index (χ1n) is 6.16. The maximum absolute atomic E-state index is 11.5. The molecule has 0 spiro atoms. The Kier molecular flexibility index (Phi) is 3.32. The molecule has 5 nitrogen and oxygen atoms in total. The van der Waals surface area contributed by atoms with Gasteiger partial charge in [0.05, 0.1) is 0 Å². The molecule has 0 fully saturated rings. The summed E-state index contributed by atoms with van der Waals surface area (Å²) >= 11 is 0. The van der Waals surface area contributed by atoms with Gasteiger partial charge in [-0.25, -0.2) is 4.79 Å². The summed E-state index contributed by atoms with van der Waals surface area (Å²) in [4.78, 5) is 24.2. The summed E-state index contributed by atoms with van der Waals surface area (Å²) in [6.07, 6.45) is -0.822. The highest BCUT2D eigenvalue weighted by molar-refractivity contribution is 5.94. The van der Waals surface area contributed by atoms with Crippen molar-refractivity contribution in [3.05, 3.63) is 28.3 Å². The fraction of sp³-hybridized carbons (Fsp3) is 0.429. The molecule has 1 aliphatic heterocycles. The topological polar surface area (TPSA) is 77.8 Å². The predicted octanol–water partition coefficient (Wildman–Crippen LogP) is 1.33. The van der Waals surface area contributed by atoms with E-state index in [0.717, 1.165) is 16.8 Å². The quantitative estimate of drug-likeness (QED) is 0.843. The van der Waals surface area contributed by atoms with Crippen molar-refractivity contribution in [2.45, 2.75) is 33.3 Å². The Labute approximate surface area is 111 Å². The molecule has 2 rings (SSSR count). The van der Waals surface area contributed by atoms with Gasteiger partial charge in [0, 0.05) is 19.2 Å². The van der Waals surface area contributed by atoms with Crippen molar-refractivity contribution in [1.29, 1.82) is 0 Å². The van der Waals surface area contributed by atoms with Crippen molar-refractivity contribution in [3.63, 3.8) is 0 Å². The highest BCUT2D eigenvalue weighted by atomic mass is 16.4. The smallest absolute Gasteiger partial charge is 0.337 e. The van der Waals surface area contributed by atoms with E-state index in [1.54, 1.807) is 24.8 Å². The number of aliphatic hydroxyl groups excluding tert-OH is 1. The minimum Gasteiger partial charge on any atom is -0.479 e. The fourth-order valence-electron chi connectivity index (χ4n) is 2.79. The molecule has 19 heavy (non-hydrogen) atoms. The lowest BCUT2D eigenvalue weighted by molar-refractivity contribution is -0.147. The number of carbonyl (C=O) groups excluding carboxylic acids is 1. The minimum atomic E-state index is -1.52. The number of hydrogen-bond acceptors (Lipinski definition) is 3. The van der Waals surface area contributed by atoms with Crippen LogP contribution in [-0.2, 0) is 16.0 Å². The zero-order valence-electron chi connectivity index (χ0n) is 11.2. The Hall–Kier alpha value is -1.88. The predicted molar refractivity (Wildman–Crippen MR) is 70.2 cm³/mol. The van der Waals surface area contributed by atoms with Gasteiger partial charge < -0.3 is 15.1 Å². The van der Waals surface area contributed by atoms with Gasteiger partial charge in [0.2, 0.25) is 5.91 Å². The van der Waals surface area contributed by atoms with Crippen LogP contribution in [0.4, 0.5) is 5.69 Å². The molecule has 1 unspecified atom stereocenters. The monoisotopic (exact) mass is 263 g/mol. The number of carboxylic acids is 1. The molecule has 2 N–H and O–H groups in total. The van der Waals surface area contributed by atoms with E-state index in [0.29, 0.717) is 24.1 Å². The Morgan fingerprint density at radius 1 is 1.37 bits per heavy atom. The van der Waals surface area contributed by atoms with Crippen molar-refractivity contribution in [3.8, 4) is 0 Å². The zero-order valence-corrected chi connectivity index (χ0v) is 11.2. The van der Waals surface area contributed by atoms with E-state index in [-0.39, 0.29) is 5.91 Å². The summed E-state index contributed by atoms with van der Waals surface area (Å²) in [7, 11) is 0. The average molecular weight is 263 g/mol. The van der Waals surface area contributed by atoms with E-state index in [1.807, 2.05) is 0 Å². The van der Waals surface area contributed by atoms with Crippen LogP contribution >= 0.6 is 0 Å². The maximum Gasteiger partial charge on any atom is 0.337 e. The van der Waals surface area contributed by atoms with Crippen LogP contribution in [0.25, 0.3) is 0 Å². The summed E-state index contributed by atoms with van der Waals surface area (Å²) in [5.41, 5.74) is 3.70. The standard InChI is InChI=1S/C14H17NO4/c1-7-6-11-10(4-5-15(11)9(3)16)8(2)12(7)13(17)14(18)19/h6,13,17H,4-5H2,1-3H3,(H,18,19). The van der Waals surface area contributed by atoms with Gasteiger partial charge in [0.1, 0.15) is 0 Å². The van der Waals surface area contributed by atoms with Crippen LogP contribution in [0.1, 0.15) is 35.3 Å². The first-order valence-corrected chi connectivity index (χ1v) is 6.16. The van der Waals surface area contributed by atoms with Gasteiger partial charge in [-0.2, -0.15) is 0 Å². The molecule has 5 heteroatoms. The van der Waals surface area contributed by atoms with Crippen LogP contribution < -0.4 is 4.90 Å². The molecule has 1 aliphatic rings. The number of rotatable bonds is 2. The number of fused-ring (bicyclic) bond motifs is 1. The summed E-state index contributed by atoms with van der Waals surface area (Å²) in [6.45, 7) is 5.68. The SMILES string of the molecule is CC(=O)N1CCc2c1cc(C)c(C(O)C(=O)O)c2C. The minimum absolute atomic E-state index is 0.0240. The van der Waals surface area contributed by atoms with Gasteiger partial charge in [-0.15, -0.1) is 0 Å². The summed E-state index contributed by atoms with van der Waals surface area (Å²) < 4.78 is 0. The lowest BCUT2D eigenvalue weighted by Gasteiger charge is -2.20. The summed E-state index contributed by atoms with van der Waals surface area (Å²) in [6, 6.07) is 1.79. The number of hydrogen-bond donors (Lipinski definition) is 2. The Bertz CT molecular complexity index is 565. The number of aliphatic hydroxyl groups is 1. The van der Waals surface area contributed by atoms with E-state index in [2.05, 4.69) is 0 Å². The maximum atomic E-state index is 11.5. The number of carboxylic acid groups (broad SMARTS) is 1. The second kappa shape index (κ2) is 4.66. The molecule has 0 saturated carbocycles. The molecule has 0 radical (unpaired) electrons. The number of amides is 1. The van der Waals surface area contributed by atoms with E-state index >= 15 is 0 Å². The molecule has 1 aromatic rings. The molecular formula is C14H17NO4. The second-order valence-corrected chi connectivity index (χ2v) is 4.89. The van der Waals surface area contributed by atoms with Gasteiger partial charge in [0.25, 0.3) is 0 Å². The molecule has 0 bridgehead atoms. The summed E-state index contributed by atoms with van der Waals surface area (Å²) in [5, 5.41) is 18.7. The van der Waals surface area contributed by atoms with Crippen LogP contribution in [0.3, 0.4) is 0 Å². The molecule has 1 heterocycles.